The summed E-state index contributed by atoms with van der Waals surface area (Å²) in [6.45, 7) is 6.97. The fourth-order valence-corrected chi connectivity index (χ4v) is 3.22. The normalized spacial score (nSPS) is 18.8. The number of ether oxygens (including phenoxy) is 1. The molecular weight excluding hydrogens is 288 g/mol. The topological polar surface area (TPSA) is 43.3 Å². The van der Waals surface area contributed by atoms with Gasteiger partial charge in [0, 0.05) is 29.2 Å². The molecule has 2 heterocycles. The number of hydrogen-bond donors (Lipinski definition) is 1. The molecule has 23 heavy (non-hydrogen) atoms. The van der Waals surface area contributed by atoms with Crippen LogP contribution in [-0.4, -0.2) is 29.2 Å². The summed E-state index contributed by atoms with van der Waals surface area (Å²) in [5.74, 6) is -0.0412. The maximum atomic E-state index is 12.4. The number of carbonyl (C=O) groups excluding carboxylic acids is 1. The first-order chi connectivity index (χ1) is 11.1. The Morgan fingerprint density at radius 2 is 1.83 bits per heavy atom. The zero-order valence-corrected chi connectivity index (χ0v) is 14.0. The first-order valence-corrected chi connectivity index (χ1v) is 8.24. The van der Waals surface area contributed by atoms with Gasteiger partial charge >= 0.3 is 0 Å². The number of rotatable bonds is 4. The number of aryl methyl sites for hydroxylation is 2. The average Bonchev–Trinajstić information content (AvgIpc) is 3.18. The molecule has 1 fully saturated rings. The van der Waals surface area contributed by atoms with Gasteiger partial charge in [-0.25, -0.2) is 0 Å². The SMILES string of the molecule is Cc1ccc(C)n1-c1ccc(C(=O)N[C@@H](C)[C@H]2CCCO2)cc1. The monoisotopic (exact) mass is 312 g/mol. The van der Waals surface area contributed by atoms with Crippen LogP contribution in [0.15, 0.2) is 36.4 Å². The van der Waals surface area contributed by atoms with Crippen molar-refractivity contribution >= 4 is 5.91 Å². The molecule has 3 rings (SSSR count). The molecule has 4 heteroatoms. The molecular formula is C19H24N2O2. The van der Waals surface area contributed by atoms with Crippen LogP contribution in [0.5, 0.6) is 0 Å². The highest BCUT2D eigenvalue weighted by Crippen LogP contribution is 2.18. The Labute approximate surface area is 137 Å². The van der Waals surface area contributed by atoms with Crippen molar-refractivity contribution < 1.29 is 9.53 Å². The molecule has 122 valence electrons. The van der Waals surface area contributed by atoms with Gasteiger partial charge in [0.25, 0.3) is 5.91 Å². The lowest BCUT2D eigenvalue weighted by atomic mass is 10.1. The second kappa shape index (κ2) is 6.59. The van der Waals surface area contributed by atoms with Crippen molar-refractivity contribution in [2.45, 2.75) is 45.8 Å². The van der Waals surface area contributed by atoms with Gasteiger partial charge in [0.2, 0.25) is 0 Å². The molecule has 0 saturated carbocycles. The average molecular weight is 312 g/mol. The number of amides is 1. The predicted octanol–water partition coefficient (Wildman–Crippen LogP) is 3.39. The molecule has 1 aromatic heterocycles. The summed E-state index contributed by atoms with van der Waals surface area (Å²) in [4.78, 5) is 12.4. The van der Waals surface area contributed by atoms with Gasteiger partial charge in [-0.3, -0.25) is 4.79 Å². The van der Waals surface area contributed by atoms with E-state index in [1.807, 2.05) is 31.2 Å². The Balaban J connectivity index is 1.70. The highest BCUT2D eigenvalue weighted by molar-refractivity contribution is 5.94. The van der Waals surface area contributed by atoms with Crippen molar-refractivity contribution in [3.8, 4) is 5.69 Å². The van der Waals surface area contributed by atoms with Gasteiger partial charge in [0.1, 0.15) is 0 Å². The van der Waals surface area contributed by atoms with E-state index in [4.69, 9.17) is 4.74 Å². The van der Waals surface area contributed by atoms with Crippen LogP contribution in [0.25, 0.3) is 5.69 Å². The van der Waals surface area contributed by atoms with E-state index in [1.165, 1.54) is 11.4 Å². The molecule has 1 saturated heterocycles. The van der Waals surface area contributed by atoms with Gasteiger partial charge in [0.15, 0.2) is 0 Å². The van der Waals surface area contributed by atoms with E-state index in [1.54, 1.807) is 0 Å². The minimum atomic E-state index is -0.0412. The third kappa shape index (κ3) is 3.32. The lowest BCUT2D eigenvalue weighted by Gasteiger charge is -2.20. The van der Waals surface area contributed by atoms with Crippen molar-refractivity contribution in [2.24, 2.45) is 0 Å². The smallest absolute Gasteiger partial charge is 0.251 e. The molecule has 1 aliphatic rings. The van der Waals surface area contributed by atoms with Gasteiger partial charge < -0.3 is 14.6 Å². The molecule has 0 aliphatic carbocycles. The molecule has 2 atom stereocenters. The highest BCUT2D eigenvalue weighted by Gasteiger charge is 2.23. The predicted molar refractivity (Wildman–Crippen MR) is 91.1 cm³/mol. The van der Waals surface area contributed by atoms with Crippen LogP contribution >= 0.6 is 0 Å². The van der Waals surface area contributed by atoms with Gasteiger partial charge in [0.05, 0.1) is 12.1 Å². The fourth-order valence-electron chi connectivity index (χ4n) is 3.22. The van der Waals surface area contributed by atoms with E-state index in [-0.39, 0.29) is 18.1 Å². The van der Waals surface area contributed by atoms with E-state index < -0.39 is 0 Å². The van der Waals surface area contributed by atoms with Gasteiger partial charge in [-0.05, 0) is 70.0 Å². The summed E-state index contributed by atoms with van der Waals surface area (Å²) >= 11 is 0. The van der Waals surface area contributed by atoms with Crippen LogP contribution < -0.4 is 5.32 Å². The quantitative estimate of drug-likeness (QED) is 0.940. The lowest BCUT2D eigenvalue weighted by molar-refractivity contribution is 0.0712. The Morgan fingerprint density at radius 1 is 1.17 bits per heavy atom. The fraction of sp³-hybridized carbons (Fsp3) is 0.421. The molecule has 1 amide bonds. The third-order valence-corrected chi connectivity index (χ3v) is 4.54. The maximum Gasteiger partial charge on any atom is 0.251 e. The van der Waals surface area contributed by atoms with E-state index in [0.717, 1.165) is 25.1 Å². The summed E-state index contributed by atoms with van der Waals surface area (Å²) in [5.41, 5.74) is 4.13. The van der Waals surface area contributed by atoms with Gasteiger partial charge in [-0.15, -0.1) is 0 Å². The first kappa shape index (κ1) is 15.8. The van der Waals surface area contributed by atoms with Crippen molar-refractivity contribution in [2.75, 3.05) is 6.61 Å². The van der Waals surface area contributed by atoms with Crippen LogP contribution in [-0.2, 0) is 4.74 Å². The summed E-state index contributed by atoms with van der Waals surface area (Å²) in [6.07, 6.45) is 2.24. The Kier molecular flexibility index (Phi) is 4.53. The Bertz CT molecular complexity index is 662. The molecule has 4 nitrogen and oxygen atoms in total. The van der Waals surface area contributed by atoms with E-state index in [2.05, 4.69) is 35.9 Å². The van der Waals surface area contributed by atoms with Crippen LogP contribution in [0.1, 0.15) is 41.5 Å². The van der Waals surface area contributed by atoms with Crippen molar-refractivity contribution in [3.05, 3.63) is 53.3 Å². The van der Waals surface area contributed by atoms with Crippen molar-refractivity contribution in [3.63, 3.8) is 0 Å². The first-order valence-electron chi connectivity index (χ1n) is 8.24. The largest absolute Gasteiger partial charge is 0.376 e. The third-order valence-electron chi connectivity index (χ3n) is 4.54. The van der Waals surface area contributed by atoms with E-state index in [0.29, 0.717) is 5.56 Å². The number of benzene rings is 1. The molecule has 2 aromatic rings. The number of aromatic nitrogens is 1. The summed E-state index contributed by atoms with van der Waals surface area (Å²) in [7, 11) is 0. The van der Waals surface area contributed by atoms with Crippen molar-refractivity contribution in [1.82, 2.24) is 9.88 Å². The molecule has 1 aromatic carbocycles. The lowest BCUT2D eigenvalue weighted by Crippen LogP contribution is -2.40. The second-order valence-electron chi connectivity index (χ2n) is 6.31. The van der Waals surface area contributed by atoms with E-state index in [9.17, 15) is 4.79 Å². The minimum Gasteiger partial charge on any atom is -0.376 e. The van der Waals surface area contributed by atoms with Gasteiger partial charge in [-0.2, -0.15) is 0 Å². The summed E-state index contributed by atoms with van der Waals surface area (Å²) < 4.78 is 7.81. The highest BCUT2D eigenvalue weighted by atomic mass is 16.5. The molecule has 0 spiro atoms. The van der Waals surface area contributed by atoms with Gasteiger partial charge in [-0.1, -0.05) is 0 Å². The Morgan fingerprint density at radius 3 is 2.39 bits per heavy atom. The minimum absolute atomic E-state index is 0.0404. The number of nitrogens with one attached hydrogen (secondary N) is 1. The molecule has 0 bridgehead atoms. The van der Waals surface area contributed by atoms with E-state index >= 15 is 0 Å². The standard InChI is InChI=1S/C19H24N2O2/c1-13-6-7-14(2)21(13)17-10-8-16(9-11-17)19(22)20-15(3)18-5-4-12-23-18/h6-11,15,18H,4-5,12H2,1-3H3,(H,20,22)/t15-,18+/m0/s1. The van der Waals surface area contributed by atoms with Crippen LogP contribution in [0.4, 0.5) is 0 Å². The second-order valence-corrected chi connectivity index (χ2v) is 6.31. The zero-order chi connectivity index (χ0) is 16.4. The van der Waals surface area contributed by atoms with Crippen LogP contribution in [0.2, 0.25) is 0 Å². The number of hydrogen-bond acceptors (Lipinski definition) is 2. The number of carbonyl (C=O) groups is 1. The zero-order valence-electron chi connectivity index (χ0n) is 14.0. The maximum absolute atomic E-state index is 12.4. The van der Waals surface area contributed by atoms with Crippen molar-refractivity contribution in [1.29, 1.82) is 0 Å². The van der Waals surface area contributed by atoms with Crippen LogP contribution in [0.3, 0.4) is 0 Å². The number of nitrogens with zero attached hydrogens (tertiary/aromatic N) is 1. The summed E-state index contributed by atoms with van der Waals surface area (Å²) in [5, 5.41) is 3.04. The summed E-state index contributed by atoms with van der Waals surface area (Å²) in [6, 6.07) is 12.0. The molecule has 0 unspecified atom stereocenters. The molecule has 1 aliphatic heterocycles. The molecule has 1 N–H and O–H groups in total. The Hall–Kier alpha value is -2.07. The molecule has 0 radical (unpaired) electrons. The van der Waals surface area contributed by atoms with Crippen LogP contribution in [0, 0.1) is 13.8 Å².